The Kier molecular flexibility index (Phi) is 10.6. The van der Waals surface area contributed by atoms with Crippen molar-refractivity contribution < 1.29 is 22.6 Å². The van der Waals surface area contributed by atoms with E-state index in [1.807, 2.05) is 11.0 Å². The number of hydrogen-bond acceptors (Lipinski definition) is 9. The third-order valence-corrected chi connectivity index (χ3v) is 9.26. The van der Waals surface area contributed by atoms with Gasteiger partial charge in [0.15, 0.2) is 5.82 Å². The Morgan fingerprint density at radius 1 is 1.22 bits per heavy atom. The van der Waals surface area contributed by atoms with E-state index in [0.29, 0.717) is 50.1 Å². The van der Waals surface area contributed by atoms with Crippen LogP contribution < -0.4 is 15.4 Å². The Balaban J connectivity index is 0.000000377. The number of allylic oxidation sites excluding steroid dienone is 1. The van der Waals surface area contributed by atoms with E-state index in [2.05, 4.69) is 21.8 Å². The lowest BCUT2D eigenvalue weighted by molar-refractivity contribution is 0.129. The van der Waals surface area contributed by atoms with Gasteiger partial charge in [-0.2, -0.15) is 15.2 Å². The molecule has 3 aromatic rings. The molecule has 240 valence electrons. The first kappa shape index (κ1) is 33.1. The summed E-state index contributed by atoms with van der Waals surface area (Å²) in [5, 5.41) is 10.4. The zero-order chi connectivity index (χ0) is 32.2. The summed E-state index contributed by atoms with van der Waals surface area (Å²) in [6, 6.07) is 7.88. The number of ether oxygens (including phenoxy) is 2. The van der Waals surface area contributed by atoms with Gasteiger partial charge in [-0.15, -0.1) is 11.8 Å². The van der Waals surface area contributed by atoms with Crippen LogP contribution in [0.3, 0.4) is 0 Å². The van der Waals surface area contributed by atoms with Gasteiger partial charge in [-0.05, 0) is 61.7 Å². The molecule has 0 aliphatic carbocycles. The number of thioether (sulfide) groups is 1. The number of fused-ring (bicyclic) bond motifs is 2. The number of halogens is 4. The molecule has 3 fully saturated rings. The molecule has 4 heterocycles. The fourth-order valence-electron chi connectivity index (χ4n) is 6.23. The quantitative estimate of drug-likeness (QED) is 0.311. The summed E-state index contributed by atoms with van der Waals surface area (Å²) in [5.74, 6) is -0.643. The van der Waals surface area contributed by atoms with Crippen LogP contribution in [0.5, 0.6) is 6.01 Å². The molecule has 0 saturated carbocycles. The number of benzene rings is 2. The Morgan fingerprint density at radius 3 is 2.73 bits per heavy atom. The summed E-state index contributed by atoms with van der Waals surface area (Å²) in [6.07, 6.45) is 4.50. The molecular weight excluding hydrogens is 625 g/mol. The van der Waals surface area contributed by atoms with Crippen molar-refractivity contribution >= 4 is 45.7 Å². The lowest BCUT2D eigenvalue weighted by Crippen LogP contribution is -2.30. The van der Waals surface area contributed by atoms with Gasteiger partial charge in [0, 0.05) is 42.2 Å². The molecule has 3 aliphatic heterocycles. The Labute approximate surface area is 270 Å². The number of anilines is 1. The highest BCUT2D eigenvalue weighted by molar-refractivity contribution is 8.02. The monoisotopic (exact) mass is 660 g/mol. The van der Waals surface area contributed by atoms with E-state index in [-0.39, 0.29) is 49.8 Å². The van der Waals surface area contributed by atoms with Crippen molar-refractivity contribution in [3.05, 3.63) is 51.5 Å². The van der Waals surface area contributed by atoms with Gasteiger partial charge in [0.1, 0.15) is 29.4 Å². The number of rotatable bonds is 5. The smallest absolute Gasteiger partial charge is 0.318 e. The minimum atomic E-state index is -0.744. The van der Waals surface area contributed by atoms with E-state index in [1.165, 1.54) is 32.1 Å². The van der Waals surface area contributed by atoms with Crippen LogP contribution in [0.25, 0.3) is 27.6 Å². The van der Waals surface area contributed by atoms with Crippen LogP contribution in [-0.2, 0) is 4.74 Å². The maximum Gasteiger partial charge on any atom is 0.318 e. The molecule has 6 rings (SSSR count). The Morgan fingerprint density at radius 2 is 2.02 bits per heavy atom. The second kappa shape index (κ2) is 14.5. The van der Waals surface area contributed by atoms with E-state index in [4.69, 9.17) is 26.8 Å². The maximum absolute atomic E-state index is 16.3. The van der Waals surface area contributed by atoms with Crippen LogP contribution in [0.4, 0.5) is 19.0 Å². The zero-order valence-electron chi connectivity index (χ0n) is 25.5. The molecule has 8 nitrogen and oxygen atoms in total. The van der Waals surface area contributed by atoms with E-state index < -0.39 is 17.8 Å². The Bertz CT molecular complexity index is 1620. The van der Waals surface area contributed by atoms with Gasteiger partial charge < -0.3 is 20.1 Å². The lowest BCUT2D eigenvalue weighted by atomic mass is 9.93. The highest BCUT2D eigenvalue weighted by Gasteiger charge is 2.34. The minimum Gasteiger partial charge on any atom is -0.467 e. The van der Waals surface area contributed by atoms with Crippen LogP contribution in [0.2, 0.25) is 5.02 Å². The van der Waals surface area contributed by atoms with Gasteiger partial charge in [-0.1, -0.05) is 24.6 Å². The van der Waals surface area contributed by atoms with Crippen LogP contribution in [0, 0.1) is 28.9 Å². The molecule has 3 saturated heterocycles. The molecule has 3 atom stereocenters. The van der Waals surface area contributed by atoms with Crippen LogP contribution >= 0.6 is 23.4 Å². The largest absolute Gasteiger partial charge is 0.467 e. The normalized spacial score (nSPS) is 22.3. The second-order valence-corrected chi connectivity index (χ2v) is 12.7. The van der Waals surface area contributed by atoms with E-state index in [0.717, 1.165) is 30.8 Å². The summed E-state index contributed by atoms with van der Waals surface area (Å²) >= 11 is 7.79. The number of nitrogens with zero attached hydrogens (tertiary/aromatic N) is 5. The molecule has 0 radical (unpaired) electrons. The van der Waals surface area contributed by atoms with Gasteiger partial charge in [0.05, 0.1) is 35.9 Å². The molecule has 0 bridgehead atoms. The summed E-state index contributed by atoms with van der Waals surface area (Å²) < 4.78 is 54.0. The molecule has 45 heavy (non-hydrogen) atoms. The van der Waals surface area contributed by atoms with Gasteiger partial charge in [0.2, 0.25) is 0 Å². The SMILES string of the molecule is COc1nc(N2CCOCC(C)C2)c2cc(Cl)c(-c3ccc(F)cc3/C(C#N)=C(/N)SC)c(F)c2n1.FC1CC2CCCN2C1. The summed E-state index contributed by atoms with van der Waals surface area (Å²) in [6.45, 7) is 6.20. The predicted molar refractivity (Wildman–Crippen MR) is 173 cm³/mol. The molecule has 0 amide bonds. The van der Waals surface area contributed by atoms with Crippen LogP contribution in [-0.4, -0.2) is 79.8 Å². The Hall–Kier alpha value is -3.24. The summed E-state index contributed by atoms with van der Waals surface area (Å²) in [5.41, 5.74) is 6.33. The van der Waals surface area contributed by atoms with Gasteiger partial charge >= 0.3 is 6.01 Å². The van der Waals surface area contributed by atoms with E-state index in [9.17, 15) is 14.0 Å². The number of nitriles is 1. The summed E-state index contributed by atoms with van der Waals surface area (Å²) in [7, 11) is 1.40. The van der Waals surface area contributed by atoms with E-state index >= 15 is 4.39 Å². The zero-order valence-corrected chi connectivity index (χ0v) is 27.0. The van der Waals surface area contributed by atoms with Crippen LogP contribution in [0.1, 0.15) is 31.7 Å². The van der Waals surface area contributed by atoms with Crippen molar-refractivity contribution in [2.75, 3.05) is 57.7 Å². The lowest BCUT2D eigenvalue weighted by Gasteiger charge is -2.25. The molecule has 13 heteroatoms. The van der Waals surface area contributed by atoms with Crippen molar-refractivity contribution in [3.8, 4) is 23.2 Å². The highest BCUT2D eigenvalue weighted by Crippen LogP contribution is 2.42. The highest BCUT2D eigenvalue weighted by atomic mass is 35.5. The molecular formula is C32H36ClF3N6O2S. The molecule has 2 aromatic carbocycles. The minimum absolute atomic E-state index is 0.00828. The van der Waals surface area contributed by atoms with Crippen molar-refractivity contribution in [1.29, 1.82) is 5.26 Å². The molecule has 2 N–H and O–H groups in total. The maximum atomic E-state index is 16.3. The molecule has 3 unspecified atom stereocenters. The van der Waals surface area contributed by atoms with Gasteiger partial charge in [-0.3, -0.25) is 4.90 Å². The number of nitrogens with two attached hydrogens (primary N) is 1. The number of alkyl halides is 1. The van der Waals surface area contributed by atoms with Crippen molar-refractivity contribution in [2.24, 2.45) is 11.7 Å². The number of hydrogen-bond donors (Lipinski definition) is 1. The van der Waals surface area contributed by atoms with Crippen molar-refractivity contribution in [2.45, 2.75) is 38.4 Å². The third kappa shape index (κ3) is 7.12. The first-order valence-corrected chi connectivity index (χ1v) is 16.4. The fourth-order valence-corrected chi connectivity index (χ4v) is 6.88. The van der Waals surface area contributed by atoms with Crippen molar-refractivity contribution in [1.82, 2.24) is 14.9 Å². The fraction of sp³-hybridized carbons (Fsp3) is 0.469. The average molecular weight is 661 g/mol. The molecule has 1 aromatic heterocycles. The van der Waals surface area contributed by atoms with Gasteiger partial charge in [-0.25, -0.2) is 13.2 Å². The first-order chi connectivity index (χ1) is 21.6. The number of aromatic nitrogens is 2. The van der Waals surface area contributed by atoms with Gasteiger partial charge in [0.25, 0.3) is 0 Å². The second-order valence-electron chi connectivity index (χ2n) is 11.5. The number of methoxy groups -OCH3 is 1. The third-order valence-electron chi connectivity index (χ3n) is 8.32. The average Bonchev–Trinajstić information content (AvgIpc) is 3.53. The molecule has 0 spiro atoms. The molecule has 3 aliphatic rings. The summed E-state index contributed by atoms with van der Waals surface area (Å²) in [4.78, 5) is 13.1. The standard InChI is InChI=1S/C25H24ClF2N5O2S.C7H12FN/c1-13-11-33(6-7-35-12-13)24-17-9-19(26)20(21(28)22(17)31-25(32-24)34-2)15-5-4-14(27)8-16(15)18(10-29)23(30)36-3;8-6-4-7-2-1-3-9(7)5-6/h4-5,8-9,13H,6-7,11-12,30H2,1-3H3;6-7H,1-5H2/b23-18-;. The topological polar surface area (TPSA) is 101 Å². The van der Waals surface area contributed by atoms with E-state index in [1.54, 1.807) is 12.3 Å². The van der Waals surface area contributed by atoms with Crippen LogP contribution in [0.15, 0.2) is 29.3 Å². The first-order valence-electron chi connectivity index (χ1n) is 14.8. The van der Waals surface area contributed by atoms with Crippen molar-refractivity contribution in [3.63, 3.8) is 0 Å². The predicted octanol–water partition coefficient (Wildman–Crippen LogP) is 6.42.